The molecule has 2 aromatic rings. The van der Waals surface area contributed by atoms with Gasteiger partial charge in [-0.25, -0.2) is 0 Å². The minimum Gasteiger partial charge on any atom is -0.479 e. The second-order valence-electron chi connectivity index (χ2n) is 4.55. The molecule has 0 unspecified atom stereocenters. The molecule has 0 atom stereocenters. The Kier molecular flexibility index (Phi) is 4.74. The van der Waals surface area contributed by atoms with Crippen molar-refractivity contribution in [3.63, 3.8) is 0 Å². The van der Waals surface area contributed by atoms with Gasteiger partial charge in [-0.2, -0.15) is 0 Å². The molecule has 0 bridgehead atoms. The number of hydrogen-bond donors (Lipinski definition) is 1. The maximum atomic E-state index is 12.0. The number of thiophene rings is 1. The van der Waals surface area contributed by atoms with Gasteiger partial charge >= 0.3 is 0 Å². The zero-order valence-electron chi connectivity index (χ0n) is 12.2. The second kappa shape index (κ2) is 6.53. The lowest BCUT2D eigenvalue weighted by Gasteiger charge is -2.03. The molecule has 2 rings (SSSR count). The Balaban J connectivity index is 1.90. The van der Waals surface area contributed by atoms with Crippen LogP contribution in [-0.2, 0) is 13.5 Å². The number of rotatable bonds is 6. The van der Waals surface area contributed by atoms with Gasteiger partial charge in [-0.1, -0.05) is 0 Å². The summed E-state index contributed by atoms with van der Waals surface area (Å²) in [6.45, 7) is 2.04. The molecule has 21 heavy (non-hydrogen) atoms. The van der Waals surface area contributed by atoms with E-state index in [-0.39, 0.29) is 11.7 Å². The zero-order valence-corrected chi connectivity index (χ0v) is 13.0. The highest BCUT2D eigenvalue weighted by atomic mass is 32.1. The highest BCUT2D eigenvalue weighted by Crippen LogP contribution is 2.17. The van der Waals surface area contributed by atoms with Gasteiger partial charge in [-0.3, -0.25) is 14.3 Å². The molecule has 0 saturated carbocycles. The Hall–Kier alpha value is -2.15. The average molecular weight is 307 g/mol. The van der Waals surface area contributed by atoms with Gasteiger partial charge in [0.25, 0.3) is 5.91 Å². The van der Waals surface area contributed by atoms with E-state index < -0.39 is 0 Å². The van der Waals surface area contributed by atoms with Crippen molar-refractivity contribution in [3.05, 3.63) is 33.6 Å². The van der Waals surface area contributed by atoms with Crippen LogP contribution in [-0.4, -0.2) is 35.1 Å². The molecule has 0 aliphatic heterocycles. The van der Waals surface area contributed by atoms with E-state index in [0.717, 1.165) is 9.75 Å². The Morgan fingerprint density at radius 2 is 2.19 bits per heavy atom. The number of Topliss-reactive ketones (excluding diaryl/α,β-unsaturated/α-hetero) is 1. The number of amides is 1. The van der Waals surface area contributed by atoms with Crippen molar-refractivity contribution >= 4 is 23.0 Å². The van der Waals surface area contributed by atoms with Gasteiger partial charge in [0.15, 0.2) is 5.78 Å². The van der Waals surface area contributed by atoms with Crippen LogP contribution < -0.4 is 10.1 Å². The summed E-state index contributed by atoms with van der Waals surface area (Å²) in [5.74, 6) is 0.156. The van der Waals surface area contributed by atoms with Crippen LogP contribution in [0.15, 0.2) is 18.3 Å². The molecule has 0 saturated heterocycles. The molecule has 6 nitrogen and oxygen atoms in total. The van der Waals surface area contributed by atoms with E-state index in [1.807, 2.05) is 12.1 Å². The molecule has 1 N–H and O–H groups in total. The van der Waals surface area contributed by atoms with Gasteiger partial charge in [0.2, 0.25) is 5.88 Å². The van der Waals surface area contributed by atoms with Gasteiger partial charge in [0, 0.05) is 24.7 Å². The van der Waals surface area contributed by atoms with Gasteiger partial charge < -0.3 is 10.1 Å². The van der Waals surface area contributed by atoms with Crippen molar-refractivity contribution in [1.82, 2.24) is 15.1 Å². The highest BCUT2D eigenvalue weighted by Gasteiger charge is 2.15. The van der Waals surface area contributed by atoms with E-state index in [2.05, 4.69) is 10.4 Å². The molecule has 0 spiro atoms. The van der Waals surface area contributed by atoms with E-state index in [9.17, 15) is 9.59 Å². The number of carbonyl (C=O) groups excluding carboxylic acids is 2. The predicted molar refractivity (Wildman–Crippen MR) is 80.1 cm³/mol. The number of ether oxygens (including phenoxy) is 1. The minimum atomic E-state index is -0.219. The highest BCUT2D eigenvalue weighted by molar-refractivity contribution is 7.14. The first kappa shape index (κ1) is 15.2. The molecule has 1 amide bonds. The molecule has 0 fully saturated rings. The Morgan fingerprint density at radius 3 is 2.81 bits per heavy atom. The van der Waals surface area contributed by atoms with Crippen LogP contribution in [0.2, 0.25) is 0 Å². The fourth-order valence-corrected chi connectivity index (χ4v) is 2.77. The molecule has 0 aliphatic rings. The van der Waals surface area contributed by atoms with Gasteiger partial charge in [0.1, 0.15) is 5.56 Å². The summed E-state index contributed by atoms with van der Waals surface area (Å²) < 4.78 is 6.59. The quantitative estimate of drug-likeness (QED) is 0.824. The van der Waals surface area contributed by atoms with E-state index in [1.54, 1.807) is 20.2 Å². The average Bonchev–Trinajstić information content (AvgIpc) is 3.05. The van der Waals surface area contributed by atoms with Crippen molar-refractivity contribution in [2.45, 2.75) is 13.3 Å². The standard InChI is InChI=1S/C14H17N3O3S/c1-9(18)12-5-4-10(21-12)6-7-15-13(19)11-8-17(2)16-14(11)20-3/h4-5,8H,6-7H2,1-3H3,(H,15,19). The summed E-state index contributed by atoms with van der Waals surface area (Å²) in [7, 11) is 3.21. The summed E-state index contributed by atoms with van der Waals surface area (Å²) in [6.07, 6.45) is 2.30. The monoisotopic (exact) mass is 307 g/mol. The molecular weight excluding hydrogens is 290 g/mol. The summed E-state index contributed by atoms with van der Waals surface area (Å²) in [6, 6.07) is 3.73. The molecule has 2 heterocycles. The van der Waals surface area contributed by atoms with E-state index >= 15 is 0 Å². The van der Waals surface area contributed by atoms with Crippen molar-refractivity contribution in [2.24, 2.45) is 7.05 Å². The lowest BCUT2D eigenvalue weighted by atomic mass is 10.3. The van der Waals surface area contributed by atoms with Crippen molar-refractivity contribution in [3.8, 4) is 5.88 Å². The first-order valence-electron chi connectivity index (χ1n) is 6.46. The Labute approximate surface area is 126 Å². The number of ketones is 1. The van der Waals surface area contributed by atoms with Crippen LogP contribution in [0.3, 0.4) is 0 Å². The van der Waals surface area contributed by atoms with E-state index in [0.29, 0.717) is 24.4 Å². The van der Waals surface area contributed by atoms with E-state index in [4.69, 9.17) is 4.74 Å². The topological polar surface area (TPSA) is 73.2 Å². The maximum Gasteiger partial charge on any atom is 0.258 e. The number of methoxy groups -OCH3 is 1. The zero-order chi connectivity index (χ0) is 15.4. The van der Waals surface area contributed by atoms with Crippen LogP contribution in [0.4, 0.5) is 0 Å². The Bertz CT molecular complexity index is 660. The molecular formula is C14H17N3O3S. The molecule has 0 aliphatic carbocycles. The van der Waals surface area contributed by atoms with Crippen molar-refractivity contribution in [2.75, 3.05) is 13.7 Å². The number of carbonyl (C=O) groups is 2. The fraction of sp³-hybridized carbons (Fsp3) is 0.357. The number of hydrogen-bond acceptors (Lipinski definition) is 5. The SMILES string of the molecule is COc1nn(C)cc1C(=O)NCCc1ccc(C(C)=O)s1. The summed E-state index contributed by atoms with van der Waals surface area (Å²) in [4.78, 5) is 25.1. The van der Waals surface area contributed by atoms with Crippen molar-refractivity contribution in [1.29, 1.82) is 0 Å². The first-order chi connectivity index (χ1) is 10.0. The lowest BCUT2D eigenvalue weighted by Crippen LogP contribution is -2.25. The van der Waals surface area contributed by atoms with Crippen LogP contribution >= 0.6 is 11.3 Å². The number of nitrogens with zero attached hydrogens (tertiary/aromatic N) is 2. The second-order valence-corrected chi connectivity index (χ2v) is 5.72. The number of aryl methyl sites for hydroxylation is 1. The van der Waals surface area contributed by atoms with Gasteiger partial charge in [-0.05, 0) is 25.5 Å². The fourth-order valence-electron chi connectivity index (χ4n) is 1.87. The van der Waals surface area contributed by atoms with E-state index in [1.165, 1.54) is 23.1 Å². The van der Waals surface area contributed by atoms with Crippen molar-refractivity contribution < 1.29 is 14.3 Å². The van der Waals surface area contributed by atoms with Gasteiger partial charge in [0.05, 0.1) is 12.0 Å². The minimum absolute atomic E-state index is 0.0652. The van der Waals surface area contributed by atoms with Crippen LogP contribution in [0.1, 0.15) is 31.8 Å². The normalized spacial score (nSPS) is 10.4. The Morgan fingerprint density at radius 1 is 1.43 bits per heavy atom. The molecule has 0 aromatic carbocycles. The number of nitrogens with one attached hydrogen (secondary N) is 1. The molecule has 112 valence electrons. The predicted octanol–water partition coefficient (Wildman–Crippen LogP) is 1.67. The summed E-state index contributed by atoms with van der Waals surface area (Å²) in [5, 5.41) is 6.86. The number of aromatic nitrogens is 2. The van der Waals surface area contributed by atoms with Crippen LogP contribution in [0.25, 0.3) is 0 Å². The summed E-state index contributed by atoms with van der Waals surface area (Å²) in [5.41, 5.74) is 0.413. The third-order valence-electron chi connectivity index (χ3n) is 2.90. The third kappa shape index (κ3) is 3.69. The maximum absolute atomic E-state index is 12.0. The third-order valence-corrected chi connectivity index (χ3v) is 4.14. The van der Waals surface area contributed by atoms with Crippen LogP contribution in [0, 0.1) is 0 Å². The van der Waals surface area contributed by atoms with Crippen LogP contribution in [0.5, 0.6) is 5.88 Å². The summed E-state index contributed by atoms with van der Waals surface area (Å²) >= 11 is 1.46. The smallest absolute Gasteiger partial charge is 0.258 e. The first-order valence-corrected chi connectivity index (χ1v) is 7.28. The lowest BCUT2D eigenvalue weighted by molar-refractivity contribution is 0.0950. The largest absolute Gasteiger partial charge is 0.479 e. The molecule has 2 aromatic heterocycles. The van der Waals surface area contributed by atoms with Gasteiger partial charge in [-0.15, -0.1) is 16.4 Å². The molecule has 0 radical (unpaired) electrons. The molecule has 7 heteroatoms.